The maximum absolute atomic E-state index is 11.0. The molecule has 3 aromatic rings. The van der Waals surface area contributed by atoms with E-state index < -0.39 is 4.92 Å². The highest BCUT2D eigenvalue weighted by atomic mass is 35.5. The fraction of sp³-hybridized carbons (Fsp3) is 0.211. The maximum Gasteiger partial charge on any atom is 0.269 e. The van der Waals surface area contributed by atoms with Crippen molar-refractivity contribution in [3.05, 3.63) is 74.7 Å². The van der Waals surface area contributed by atoms with Gasteiger partial charge in [-0.3, -0.25) is 15.1 Å². The molecule has 2 aromatic heterocycles. The van der Waals surface area contributed by atoms with Crippen LogP contribution in [0.2, 0.25) is 5.02 Å². The summed E-state index contributed by atoms with van der Waals surface area (Å²) in [4.78, 5) is 25.9. The highest BCUT2D eigenvalue weighted by Gasteiger charge is 2.16. The van der Waals surface area contributed by atoms with Crippen LogP contribution in [0, 0.1) is 24.0 Å². The first-order valence-electron chi connectivity index (χ1n) is 8.26. The van der Waals surface area contributed by atoms with Crippen molar-refractivity contribution < 1.29 is 4.92 Å². The largest absolute Gasteiger partial charge is 0.355 e. The Morgan fingerprint density at radius 2 is 2.00 bits per heavy atom. The molecule has 0 aliphatic carbocycles. The lowest BCUT2D eigenvalue weighted by molar-refractivity contribution is -0.384. The quantitative estimate of drug-likeness (QED) is 0.481. The Bertz CT molecular complexity index is 995. The zero-order valence-corrected chi connectivity index (χ0v) is 15.9. The van der Waals surface area contributed by atoms with E-state index in [1.165, 1.54) is 12.1 Å². The van der Waals surface area contributed by atoms with Gasteiger partial charge in [-0.05, 0) is 37.6 Å². The van der Waals surface area contributed by atoms with Gasteiger partial charge in [0, 0.05) is 60.0 Å². The summed E-state index contributed by atoms with van der Waals surface area (Å²) in [6, 6.07) is 8.16. The van der Waals surface area contributed by atoms with Crippen LogP contribution in [-0.2, 0) is 6.54 Å². The monoisotopic (exact) mass is 383 g/mol. The number of nitro groups is 1. The van der Waals surface area contributed by atoms with Crippen molar-refractivity contribution in [2.75, 3.05) is 11.9 Å². The average molecular weight is 384 g/mol. The summed E-state index contributed by atoms with van der Waals surface area (Å²) in [6.45, 7) is 4.25. The molecule has 7 nitrogen and oxygen atoms in total. The molecule has 0 amide bonds. The lowest BCUT2D eigenvalue weighted by atomic mass is 10.1. The van der Waals surface area contributed by atoms with Crippen molar-refractivity contribution in [1.29, 1.82) is 0 Å². The minimum Gasteiger partial charge on any atom is -0.355 e. The Kier molecular flexibility index (Phi) is 5.32. The van der Waals surface area contributed by atoms with Crippen LogP contribution in [0.25, 0.3) is 11.4 Å². The number of hydrogen-bond donors (Lipinski definition) is 0. The van der Waals surface area contributed by atoms with Gasteiger partial charge in [-0.2, -0.15) is 0 Å². The molecule has 2 heterocycles. The van der Waals surface area contributed by atoms with Crippen molar-refractivity contribution in [2.24, 2.45) is 0 Å². The van der Waals surface area contributed by atoms with Gasteiger partial charge in [-0.25, -0.2) is 9.97 Å². The molecule has 3 rings (SSSR count). The number of hydrogen-bond acceptors (Lipinski definition) is 6. The van der Waals surface area contributed by atoms with Gasteiger partial charge in [0.2, 0.25) is 0 Å². The van der Waals surface area contributed by atoms with Gasteiger partial charge in [0.05, 0.1) is 4.92 Å². The van der Waals surface area contributed by atoms with E-state index in [0.717, 1.165) is 22.6 Å². The van der Waals surface area contributed by atoms with Crippen LogP contribution in [0.1, 0.15) is 16.8 Å². The van der Waals surface area contributed by atoms with Crippen molar-refractivity contribution in [1.82, 2.24) is 15.0 Å². The highest BCUT2D eigenvalue weighted by Crippen LogP contribution is 2.27. The SMILES string of the molecule is Cc1nc(-c2cccnc2)nc(N(C)Cc2cc([N+](=O)[O-])ccc2Cl)c1C. The topological polar surface area (TPSA) is 85.0 Å². The molecule has 0 fully saturated rings. The normalized spacial score (nSPS) is 10.7. The Morgan fingerprint density at radius 1 is 1.22 bits per heavy atom. The van der Waals surface area contributed by atoms with Crippen LogP contribution in [-0.4, -0.2) is 26.9 Å². The number of non-ortho nitro benzene ring substituents is 1. The molecule has 0 N–H and O–H groups in total. The second kappa shape index (κ2) is 7.67. The van der Waals surface area contributed by atoms with Gasteiger partial charge < -0.3 is 4.90 Å². The fourth-order valence-electron chi connectivity index (χ4n) is 2.74. The molecule has 0 saturated carbocycles. The molecule has 0 saturated heterocycles. The van der Waals surface area contributed by atoms with Crippen LogP contribution >= 0.6 is 11.6 Å². The molecule has 0 aliphatic heterocycles. The minimum absolute atomic E-state index is 0.00874. The second-order valence-electron chi connectivity index (χ2n) is 6.21. The van der Waals surface area contributed by atoms with Gasteiger partial charge >= 0.3 is 0 Å². The fourth-order valence-corrected chi connectivity index (χ4v) is 2.91. The number of halogens is 1. The number of benzene rings is 1. The predicted molar refractivity (Wildman–Crippen MR) is 105 cm³/mol. The number of rotatable bonds is 5. The second-order valence-corrected chi connectivity index (χ2v) is 6.62. The molecule has 1 aromatic carbocycles. The van der Waals surface area contributed by atoms with Gasteiger partial charge in [-0.15, -0.1) is 0 Å². The lowest BCUT2D eigenvalue weighted by Crippen LogP contribution is -2.20. The van der Waals surface area contributed by atoms with E-state index >= 15 is 0 Å². The van der Waals surface area contributed by atoms with Crippen LogP contribution in [0.4, 0.5) is 11.5 Å². The van der Waals surface area contributed by atoms with E-state index in [-0.39, 0.29) is 5.69 Å². The molecule has 0 unspecified atom stereocenters. The highest BCUT2D eigenvalue weighted by molar-refractivity contribution is 6.31. The first-order valence-corrected chi connectivity index (χ1v) is 8.64. The van der Waals surface area contributed by atoms with E-state index in [4.69, 9.17) is 11.6 Å². The zero-order chi connectivity index (χ0) is 19.6. The van der Waals surface area contributed by atoms with Crippen molar-refractivity contribution in [3.63, 3.8) is 0 Å². The average Bonchev–Trinajstić information content (AvgIpc) is 2.66. The van der Waals surface area contributed by atoms with Crippen LogP contribution < -0.4 is 4.90 Å². The van der Waals surface area contributed by atoms with Crippen molar-refractivity contribution >= 4 is 23.1 Å². The first-order chi connectivity index (χ1) is 12.9. The molecule has 0 aliphatic rings. The Morgan fingerprint density at radius 3 is 2.67 bits per heavy atom. The summed E-state index contributed by atoms with van der Waals surface area (Å²) in [5.41, 5.74) is 3.28. The number of nitro benzene ring substituents is 1. The molecule has 0 spiro atoms. The molecule has 27 heavy (non-hydrogen) atoms. The van der Waals surface area contributed by atoms with E-state index in [0.29, 0.717) is 23.0 Å². The zero-order valence-electron chi connectivity index (χ0n) is 15.2. The number of aryl methyl sites for hydroxylation is 1. The molecule has 0 atom stereocenters. The number of pyridine rings is 1. The number of aromatic nitrogens is 3. The molecule has 138 valence electrons. The third-order valence-corrected chi connectivity index (χ3v) is 4.66. The van der Waals surface area contributed by atoms with Crippen molar-refractivity contribution in [3.8, 4) is 11.4 Å². The van der Waals surface area contributed by atoms with Crippen LogP contribution in [0.5, 0.6) is 0 Å². The van der Waals surface area contributed by atoms with Crippen LogP contribution in [0.15, 0.2) is 42.7 Å². The molecular weight excluding hydrogens is 366 g/mol. The Balaban J connectivity index is 1.98. The molecule has 0 radical (unpaired) electrons. The van der Waals surface area contributed by atoms with E-state index in [9.17, 15) is 10.1 Å². The van der Waals surface area contributed by atoms with Gasteiger partial charge in [0.15, 0.2) is 5.82 Å². The summed E-state index contributed by atoms with van der Waals surface area (Å²) in [5.74, 6) is 1.32. The molecular formula is C19H18ClN5O2. The van der Waals surface area contributed by atoms with E-state index in [2.05, 4.69) is 15.0 Å². The van der Waals surface area contributed by atoms with E-state index in [1.54, 1.807) is 18.5 Å². The standard InChI is InChI=1S/C19H18ClN5O2/c1-12-13(2)22-18(14-5-4-8-21-10-14)23-19(12)24(3)11-15-9-16(25(26)27)6-7-17(15)20/h4-10H,11H2,1-3H3. The first kappa shape index (κ1) is 18.7. The third-order valence-electron chi connectivity index (χ3n) is 4.29. The third kappa shape index (κ3) is 4.03. The number of nitrogens with zero attached hydrogens (tertiary/aromatic N) is 5. The summed E-state index contributed by atoms with van der Waals surface area (Å²) in [5, 5.41) is 11.5. The predicted octanol–water partition coefficient (Wildman–Crippen LogP) is 4.35. The summed E-state index contributed by atoms with van der Waals surface area (Å²) in [6.07, 6.45) is 3.41. The molecule has 8 heteroatoms. The number of anilines is 1. The molecule has 0 bridgehead atoms. The Hall–Kier alpha value is -3.06. The van der Waals surface area contributed by atoms with Gasteiger partial charge in [0.25, 0.3) is 5.69 Å². The minimum atomic E-state index is -0.430. The van der Waals surface area contributed by atoms with Gasteiger partial charge in [0.1, 0.15) is 5.82 Å². The Labute approximate surface area is 161 Å². The smallest absolute Gasteiger partial charge is 0.269 e. The van der Waals surface area contributed by atoms with Gasteiger partial charge in [-0.1, -0.05) is 11.6 Å². The maximum atomic E-state index is 11.0. The summed E-state index contributed by atoms with van der Waals surface area (Å²) >= 11 is 6.24. The summed E-state index contributed by atoms with van der Waals surface area (Å²) < 4.78 is 0. The van der Waals surface area contributed by atoms with Crippen LogP contribution in [0.3, 0.4) is 0 Å². The lowest BCUT2D eigenvalue weighted by Gasteiger charge is -2.22. The summed E-state index contributed by atoms with van der Waals surface area (Å²) in [7, 11) is 1.87. The van der Waals surface area contributed by atoms with Crippen molar-refractivity contribution in [2.45, 2.75) is 20.4 Å². The van der Waals surface area contributed by atoms with E-state index in [1.807, 2.05) is 37.9 Å².